The van der Waals surface area contributed by atoms with Crippen molar-refractivity contribution in [3.8, 4) is 0 Å². The molecule has 0 bridgehead atoms. The van der Waals surface area contributed by atoms with E-state index in [9.17, 15) is 4.79 Å². The van der Waals surface area contributed by atoms with Gasteiger partial charge in [-0.05, 0) is 40.9 Å². The lowest BCUT2D eigenvalue weighted by atomic mass is 9.83. The number of ether oxygens (including phenoxy) is 1. The van der Waals surface area contributed by atoms with Crippen LogP contribution in [0, 0.1) is 0 Å². The highest BCUT2D eigenvalue weighted by atomic mass is 79.9. The summed E-state index contributed by atoms with van der Waals surface area (Å²) in [5.74, 6) is 0.351. The summed E-state index contributed by atoms with van der Waals surface area (Å²) in [5.41, 5.74) is -0.565. The molecule has 5 heteroatoms. The van der Waals surface area contributed by atoms with Gasteiger partial charge in [0.1, 0.15) is 0 Å². The number of carbonyl (C=O) groups excluding carboxylic acids is 1. The van der Waals surface area contributed by atoms with Crippen LogP contribution < -0.4 is 0 Å². The summed E-state index contributed by atoms with van der Waals surface area (Å²) in [4.78, 5) is 17.5. The van der Waals surface area contributed by atoms with E-state index in [4.69, 9.17) is 4.74 Å². The summed E-state index contributed by atoms with van der Waals surface area (Å²) in [6.07, 6.45) is 5.01. The summed E-state index contributed by atoms with van der Waals surface area (Å²) in [5, 5.41) is 0. The molecule has 3 rings (SSSR count). The van der Waals surface area contributed by atoms with Crippen LogP contribution in [0.3, 0.4) is 0 Å². The quantitative estimate of drug-likeness (QED) is 0.744. The predicted octanol–water partition coefficient (Wildman–Crippen LogP) is 3.52. The molecule has 0 radical (unpaired) electrons. The highest BCUT2D eigenvalue weighted by Gasteiger charge is 2.46. The maximum atomic E-state index is 12.0. The van der Waals surface area contributed by atoms with Crippen LogP contribution in [0.1, 0.15) is 37.0 Å². The summed E-state index contributed by atoms with van der Waals surface area (Å²) >= 11 is 4.95. The minimum atomic E-state index is -0.565. The van der Waals surface area contributed by atoms with Crippen LogP contribution in [-0.4, -0.2) is 17.4 Å². The molecule has 0 atom stereocenters. The minimum Gasteiger partial charge on any atom is -0.404 e. The zero-order valence-electron chi connectivity index (χ0n) is 9.24. The maximum Gasteiger partial charge on any atom is 0.340 e. The number of aliphatic imine (C=N–C) groups is 1. The Balaban J connectivity index is 1.93. The van der Waals surface area contributed by atoms with Gasteiger partial charge in [0, 0.05) is 0 Å². The molecular weight excluding hydrogens is 302 g/mol. The van der Waals surface area contributed by atoms with E-state index in [-0.39, 0.29) is 5.97 Å². The second kappa shape index (κ2) is 4.21. The molecular formula is C12H12BrNO2S. The highest BCUT2D eigenvalue weighted by Crippen LogP contribution is 2.38. The monoisotopic (exact) mass is 313 g/mol. The van der Waals surface area contributed by atoms with E-state index in [2.05, 4.69) is 20.9 Å². The Kier molecular flexibility index (Phi) is 2.83. The van der Waals surface area contributed by atoms with Crippen LogP contribution in [-0.2, 0) is 9.53 Å². The normalized spacial score (nSPS) is 22.6. The first kappa shape index (κ1) is 11.4. The number of halogens is 1. The van der Waals surface area contributed by atoms with Crippen LogP contribution >= 0.6 is 27.3 Å². The molecule has 0 unspecified atom stereocenters. The fourth-order valence-electron chi connectivity index (χ4n) is 2.43. The molecule has 17 heavy (non-hydrogen) atoms. The largest absolute Gasteiger partial charge is 0.404 e. The van der Waals surface area contributed by atoms with Crippen LogP contribution in [0.2, 0.25) is 0 Å². The fraction of sp³-hybridized carbons (Fsp3) is 0.500. The molecule has 2 heterocycles. The zero-order chi connectivity index (χ0) is 11.9. The smallest absolute Gasteiger partial charge is 0.340 e. The number of hydrogen-bond acceptors (Lipinski definition) is 4. The van der Waals surface area contributed by atoms with Gasteiger partial charge in [0.2, 0.25) is 5.90 Å². The Morgan fingerprint density at radius 3 is 2.71 bits per heavy atom. The number of nitrogens with zero attached hydrogens (tertiary/aromatic N) is 1. The number of thiophene rings is 1. The fourth-order valence-corrected chi connectivity index (χ4v) is 3.75. The number of hydrogen-bond donors (Lipinski definition) is 0. The lowest BCUT2D eigenvalue weighted by molar-refractivity contribution is -0.140. The van der Waals surface area contributed by atoms with Gasteiger partial charge in [-0.3, -0.25) is 0 Å². The van der Waals surface area contributed by atoms with Gasteiger partial charge in [-0.25, -0.2) is 9.79 Å². The van der Waals surface area contributed by atoms with Crippen LogP contribution in [0.5, 0.6) is 0 Å². The van der Waals surface area contributed by atoms with Crippen LogP contribution in [0.4, 0.5) is 0 Å². The van der Waals surface area contributed by atoms with Crippen LogP contribution in [0.25, 0.3) is 0 Å². The third-order valence-corrected chi connectivity index (χ3v) is 4.96. The molecule has 1 saturated carbocycles. The summed E-state index contributed by atoms with van der Waals surface area (Å²) in [7, 11) is 0. The number of carbonyl (C=O) groups is 1. The lowest BCUT2D eigenvalue weighted by Gasteiger charge is -2.25. The molecule has 0 saturated heterocycles. The second-order valence-corrected chi connectivity index (χ2v) is 6.97. The topological polar surface area (TPSA) is 38.7 Å². The number of cyclic esters (lactones) is 1. The van der Waals surface area contributed by atoms with E-state index in [0.717, 1.165) is 34.3 Å². The summed E-state index contributed by atoms with van der Waals surface area (Å²) < 4.78 is 6.38. The van der Waals surface area contributed by atoms with Crippen molar-refractivity contribution in [2.45, 2.75) is 37.6 Å². The zero-order valence-corrected chi connectivity index (χ0v) is 11.6. The Morgan fingerprint density at radius 1 is 1.29 bits per heavy atom. The van der Waals surface area contributed by atoms with Crippen molar-refractivity contribution in [2.75, 3.05) is 0 Å². The van der Waals surface area contributed by atoms with Gasteiger partial charge in [0.25, 0.3) is 0 Å². The van der Waals surface area contributed by atoms with Gasteiger partial charge in [-0.2, -0.15) is 0 Å². The third kappa shape index (κ3) is 1.95. The predicted molar refractivity (Wildman–Crippen MR) is 70.5 cm³/mol. The maximum absolute atomic E-state index is 12.0. The summed E-state index contributed by atoms with van der Waals surface area (Å²) in [6.45, 7) is 0. The molecule has 1 aliphatic carbocycles. The Morgan fingerprint density at radius 2 is 2.06 bits per heavy atom. The SMILES string of the molecule is O=C1OC(c2ccc(Br)s2)=NC12CCCCC2. The molecule has 2 aliphatic rings. The van der Waals surface area contributed by atoms with Crippen molar-refractivity contribution in [1.29, 1.82) is 0 Å². The van der Waals surface area contributed by atoms with Crippen LogP contribution in [0.15, 0.2) is 20.9 Å². The van der Waals surface area contributed by atoms with E-state index < -0.39 is 5.54 Å². The third-order valence-electron chi connectivity index (χ3n) is 3.35. The first-order valence-corrected chi connectivity index (χ1v) is 7.38. The van der Waals surface area contributed by atoms with Crippen molar-refractivity contribution >= 4 is 39.1 Å². The number of esters is 1. The molecule has 3 nitrogen and oxygen atoms in total. The van der Waals surface area contributed by atoms with E-state index in [0.29, 0.717) is 5.90 Å². The Hall–Kier alpha value is -0.680. The van der Waals surface area contributed by atoms with Gasteiger partial charge in [-0.1, -0.05) is 19.3 Å². The van der Waals surface area contributed by atoms with Crippen molar-refractivity contribution in [3.05, 3.63) is 20.8 Å². The number of rotatable bonds is 1. The van der Waals surface area contributed by atoms with Gasteiger partial charge in [0.05, 0.1) is 8.66 Å². The van der Waals surface area contributed by atoms with Crippen molar-refractivity contribution < 1.29 is 9.53 Å². The summed E-state index contributed by atoms with van der Waals surface area (Å²) in [6, 6.07) is 3.88. The first-order valence-electron chi connectivity index (χ1n) is 5.77. The molecule has 1 fully saturated rings. The van der Waals surface area contributed by atoms with E-state index in [1.54, 1.807) is 11.3 Å². The molecule has 1 aliphatic heterocycles. The highest BCUT2D eigenvalue weighted by molar-refractivity contribution is 9.11. The molecule has 0 N–H and O–H groups in total. The van der Waals surface area contributed by atoms with Crippen molar-refractivity contribution in [2.24, 2.45) is 4.99 Å². The molecule has 1 aromatic heterocycles. The van der Waals surface area contributed by atoms with E-state index in [1.807, 2.05) is 12.1 Å². The van der Waals surface area contributed by atoms with Gasteiger partial charge in [0.15, 0.2) is 5.54 Å². The van der Waals surface area contributed by atoms with Gasteiger partial charge in [-0.15, -0.1) is 11.3 Å². The average Bonchev–Trinajstić information content (AvgIpc) is 2.87. The van der Waals surface area contributed by atoms with E-state index >= 15 is 0 Å². The van der Waals surface area contributed by atoms with Gasteiger partial charge >= 0.3 is 5.97 Å². The molecule has 1 spiro atoms. The average molecular weight is 314 g/mol. The molecule has 0 aromatic carbocycles. The van der Waals surface area contributed by atoms with E-state index in [1.165, 1.54) is 6.42 Å². The molecule has 0 amide bonds. The van der Waals surface area contributed by atoms with Gasteiger partial charge < -0.3 is 4.74 Å². The Bertz CT molecular complexity index is 488. The second-order valence-electron chi connectivity index (χ2n) is 4.50. The minimum absolute atomic E-state index is 0.156. The first-order chi connectivity index (χ1) is 8.20. The Labute approximate surface area is 112 Å². The van der Waals surface area contributed by atoms with Crippen molar-refractivity contribution in [1.82, 2.24) is 0 Å². The standard InChI is InChI=1S/C12H12BrNO2S/c13-9-5-4-8(17-9)10-14-12(11(15)16-10)6-2-1-3-7-12/h4-5H,1-3,6-7H2. The lowest BCUT2D eigenvalue weighted by Crippen LogP contribution is -2.35. The molecule has 1 aromatic rings. The molecule has 90 valence electrons. The van der Waals surface area contributed by atoms with Crippen molar-refractivity contribution in [3.63, 3.8) is 0 Å².